The molecule has 1 fully saturated rings. The molecule has 0 bridgehead atoms. The molecule has 2 N–H and O–H groups in total. The van der Waals surface area contributed by atoms with Gasteiger partial charge in [-0.1, -0.05) is 0 Å². The molecular weight excluding hydrogens is 220 g/mol. The van der Waals surface area contributed by atoms with Crippen LogP contribution in [0.25, 0.3) is 0 Å². The number of likely N-dealkylation sites (N-methyl/N-ethyl adjacent to an activating group) is 1. The normalized spacial score (nSPS) is 19.8. The Kier molecular flexibility index (Phi) is 5.58. The highest BCUT2D eigenvalue weighted by molar-refractivity contribution is 5.90. The SMILES string of the molecule is CN[C@@H](C)C(=O)CC(O)C(=O)N1CCCCC1. The quantitative estimate of drug-likeness (QED) is 0.708. The minimum Gasteiger partial charge on any atom is -0.383 e. The lowest BCUT2D eigenvalue weighted by Crippen LogP contribution is -2.44. The highest BCUT2D eigenvalue weighted by Gasteiger charge is 2.26. The van der Waals surface area contributed by atoms with Crippen molar-refractivity contribution in [1.29, 1.82) is 0 Å². The molecule has 0 spiro atoms. The van der Waals surface area contributed by atoms with E-state index in [9.17, 15) is 14.7 Å². The molecule has 1 unspecified atom stereocenters. The molecular formula is C12H22N2O3. The fourth-order valence-corrected chi connectivity index (χ4v) is 1.94. The van der Waals surface area contributed by atoms with Crippen molar-refractivity contribution in [2.24, 2.45) is 0 Å². The van der Waals surface area contributed by atoms with Gasteiger partial charge in [0.1, 0.15) is 6.10 Å². The molecule has 0 aliphatic carbocycles. The van der Waals surface area contributed by atoms with Crippen molar-refractivity contribution in [3.05, 3.63) is 0 Å². The molecule has 2 atom stereocenters. The van der Waals surface area contributed by atoms with E-state index in [1.165, 1.54) is 0 Å². The largest absolute Gasteiger partial charge is 0.383 e. The van der Waals surface area contributed by atoms with Crippen LogP contribution in [0.1, 0.15) is 32.6 Å². The van der Waals surface area contributed by atoms with E-state index >= 15 is 0 Å². The highest BCUT2D eigenvalue weighted by Crippen LogP contribution is 2.11. The fraction of sp³-hybridized carbons (Fsp3) is 0.833. The smallest absolute Gasteiger partial charge is 0.251 e. The van der Waals surface area contributed by atoms with E-state index in [4.69, 9.17) is 0 Å². The minimum atomic E-state index is -1.18. The first kappa shape index (κ1) is 14.1. The van der Waals surface area contributed by atoms with Gasteiger partial charge in [-0.3, -0.25) is 9.59 Å². The Bertz CT molecular complexity index is 275. The topological polar surface area (TPSA) is 69.6 Å². The monoisotopic (exact) mass is 242 g/mol. The maximum absolute atomic E-state index is 11.8. The average molecular weight is 242 g/mol. The van der Waals surface area contributed by atoms with E-state index in [-0.39, 0.29) is 24.2 Å². The summed E-state index contributed by atoms with van der Waals surface area (Å²) >= 11 is 0. The van der Waals surface area contributed by atoms with E-state index < -0.39 is 6.10 Å². The third-order valence-corrected chi connectivity index (χ3v) is 3.26. The Labute approximate surface area is 102 Å². The molecule has 0 aromatic rings. The number of aliphatic hydroxyl groups is 1. The molecule has 0 aromatic carbocycles. The summed E-state index contributed by atoms with van der Waals surface area (Å²) in [5.74, 6) is -0.438. The third-order valence-electron chi connectivity index (χ3n) is 3.26. The molecule has 5 heteroatoms. The molecule has 17 heavy (non-hydrogen) atoms. The van der Waals surface area contributed by atoms with Gasteiger partial charge in [0.15, 0.2) is 5.78 Å². The predicted molar refractivity (Wildman–Crippen MR) is 64.6 cm³/mol. The highest BCUT2D eigenvalue weighted by atomic mass is 16.3. The maximum Gasteiger partial charge on any atom is 0.251 e. The van der Waals surface area contributed by atoms with Crippen LogP contribution < -0.4 is 5.32 Å². The zero-order chi connectivity index (χ0) is 12.8. The summed E-state index contributed by atoms with van der Waals surface area (Å²) in [7, 11) is 1.68. The molecule has 0 radical (unpaired) electrons. The molecule has 0 saturated carbocycles. The van der Waals surface area contributed by atoms with Crippen LogP contribution >= 0.6 is 0 Å². The number of carbonyl (C=O) groups is 2. The number of aliphatic hydroxyl groups excluding tert-OH is 1. The second-order valence-electron chi connectivity index (χ2n) is 4.58. The van der Waals surface area contributed by atoms with Crippen molar-refractivity contribution in [3.63, 3.8) is 0 Å². The predicted octanol–water partition coefficient (Wildman–Crippen LogP) is -0.0731. The Morgan fingerprint density at radius 1 is 1.29 bits per heavy atom. The summed E-state index contributed by atoms with van der Waals surface area (Å²) in [5, 5.41) is 12.5. The molecule has 5 nitrogen and oxygen atoms in total. The van der Waals surface area contributed by atoms with Crippen molar-refractivity contribution < 1.29 is 14.7 Å². The van der Waals surface area contributed by atoms with E-state index in [2.05, 4.69) is 5.32 Å². The van der Waals surface area contributed by atoms with Crippen LogP contribution in [0.2, 0.25) is 0 Å². The minimum absolute atomic E-state index is 0.0999. The number of Topliss-reactive ketones (excluding diaryl/α,β-unsaturated/α-hetero) is 1. The van der Waals surface area contributed by atoms with Crippen LogP contribution in [0.4, 0.5) is 0 Å². The van der Waals surface area contributed by atoms with Gasteiger partial charge in [-0.15, -0.1) is 0 Å². The van der Waals surface area contributed by atoms with Crippen LogP contribution in [0.5, 0.6) is 0 Å². The summed E-state index contributed by atoms with van der Waals surface area (Å²) in [6.07, 6.45) is 1.82. The van der Waals surface area contributed by atoms with E-state index in [1.54, 1.807) is 18.9 Å². The number of hydrogen-bond acceptors (Lipinski definition) is 4. The zero-order valence-electron chi connectivity index (χ0n) is 10.6. The molecule has 1 aliphatic heterocycles. The van der Waals surface area contributed by atoms with Crippen molar-refractivity contribution >= 4 is 11.7 Å². The van der Waals surface area contributed by atoms with E-state index in [0.717, 1.165) is 19.3 Å². The Hall–Kier alpha value is -0.940. The number of ketones is 1. The molecule has 1 rings (SSSR count). The lowest BCUT2D eigenvalue weighted by Gasteiger charge is -2.28. The molecule has 98 valence electrons. The van der Waals surface area contributed by atoms with Gasteiger partial charge in [-0.2, -0.15) is 0 Å². The first-order valence-corrected chi connectivity index (χ1v) is 6.23. The van der Waals surface area contributed by atoms with Crippen LogP contribution in [-0.4, -0.2) is 54.0 Å². The number of likely N-dealkylation sites (tertiary alicyclic amines) is 1. The van der Waals surface area contributed by atoms with Gasteiger partial charge in [0, 0.05) is 19.5 Å². The molecule has 1 saturated heterocycles. The van der Waals surface area contributed by atoms with Gasteiger partial charge < -0.3 is 15.3 Å². The number of nitrogens with one attached hydrogen (secondary N) is 1. The Morgan fingerprint density at radius 3 is 2.41 bits per heavy atom. The van der Waals surface area contributed by atoms with Crippen molar-refractivity contribution in [3.8, 4) is 0 Å². The maximum atomic E-state index is 11.8. The van der Waals surface area contributed by atoms with E-state index in [0.29, 0.717) is 13.1 Å². The van der Waals surface area contributed by atoms with Gasteiger partial charge in [0.05, 0.1) is 6.04 Å². The van der Waals surface area contributed by atoms with Crippen molar-refractivity contribution in [2.45, 2.75) is 44.8 Å². The van der Waals surface area contributed by atoms with Gasteiger partial charge >= 0.3 is 0 Å². The lowest BCUT2D eigenvalue weighted by atomic mass is 10.1. The average Bonchev–Trinajstić information content (AvgIpc) is 2.37. The van der Waals surface area contributed by atoms with E-state index in [1.807, 2.05) is 0 Å². The first-order chi connectivity index (χ1) is 8.06. The molecule has 1 heterocycles. The number of piperidine rings is 1. The zero-order valence-corrected chi connectivity index (χ0v) is 10.6. The standard InChI is InChI=1S/C12H22N2O3/c1-9(13-2)10(15)8-11(16)12(17)14-6-4-3-5-7-14/h9,11,13,16H,3-8H2,1-2H3/t9-,11?/m0/s1. The molecule has 1 amide bonds. The summed E-state index contributed by atoms with van der Waals surface area (Å²) in [5.41, 5.74) is 0. The van der Waals surface area contributed by atoms with Gasteiger partial charge in [0.2, 0.25) is 0 Å². The number of nitrogens with zero attached hydrogens (tertiary/aromatic N) is 1. The molecule has 1 aliphatic rings. The number of amides is 1. The lowest BCUT2D eigenvalue weighted by molar-refractivity contribution is -0.144. The van der Waals surface area contributed by atoms with Crippen molar-refractivity contribution in [2.75, 3.05) is 20.1 Å². The van der Waals surface area contributed by atoms with Crippen LogP contribution in [0.15, 0.2) is 0 Å². The first-order valence-electron chi connectivity index (χ1n) is 6.23. The number of carbonyl (C=O) groups excluding carboxylic acids is 2. The number of hydrogen-bond donors (Lipinski definition) is 2. The molecule has 0 aromatic heterocycles. The van der Waals surface area contributed by atoms with Crippen LogP contribution in [0, 0.1) is 0 Å². The summed E-state index contributed by atoms with van der Waals surface area (Å²) in [6, 6.07) is -0.321. The second kappa shape index (κ2) is 6.71. The second-order valence-corrected chi connectivity index (χ2v) is 4.58. The number of rotatable bonds is 5. The van der Waals surface area contributed by atoms with Crippen LogP contribution in [0.3, 0.4) is 0 Å². The summed E-state index contributed by atoms with van der Waals surface area (Å²) in [4.78, 5) is 25.1. The Balaban J connectivity index is 2.43. The van der Waals surface area contributed by atoms with Gasteiger partial charge in [0.25, 0.3) is 5.91 Å². The fourth-order valence-electron chi connectivity index (χ4n) is 1.94. The van der Waals surface area contributed by atoms with Crippen molar-refractivity contribution in [1.82, 2.24) is 10.2 Å². The van der Waals surface area contributed by atoms with Crippen LogP contribution in [-0.2, 0) is 9.59 Å². The Morgan fingerprint density at radius 2 is 1.88 bits per heavy atom. The summed E-state index contributed by atoms with van der Waals surface area (Å²) < 4.78 is 0. The summed E-state index contributed by atoms with van der Waals surface area (Å²) in [6.45, 7) is 3.12. The van der Waals surface area contributed by atoms with Gasteiger partial charge in [-0.05, 0) is 33.2 Å². The van der Waals surface area contributed by atoms with Gasteiger partial charge in [-0.25, -0.2) is 0 Å². The third kappa shape index (κ3) is 4.09.